The molecule has 0 saturated heterocycles. The van der Waals surface area contributed by atoms with E-state index in [-0.39, 0.29) is 0 Å². The van der Waals surface area contributed by atoms with Crippen LogP contribution in [-0.4, -0.2) is 29.4 Å². The van der Waals surface area contributed by atoms with Gasteiger partial charge in [-0.2, -0.15) is 9.79 Å². The summed E-state index contributed by atoms with van der Waals surface area (Å²) in [4.78, 5) is 48.9. The monoisotopic (exact) mass is 259 g/mol. The van der Waals surface area contributed by atoms with Crippen LogP contribution in [0.1, 0.15) is 0 Å². The molecule has 0 aliphatic rings. The molecule has 0 fully saturated rings. The lowest BCUT2D eigenvalue weighted by molar-refractivity contribution is 0.178. The fourth-order valence-corrected chi connectivity index (χ4v) is 2.90. The molecule has 0 aromatic carbocycles. The zero-order valence-electron chi connectivity index (χ0n) is 5.66. The van der Waals surface area contributed by atoms with Gasteiger partial charge in [-0.25, -0.2) is 9.13 Å². The fourth-order valence-electron chi connectivity index (χ4n) is 0.292. The summed E-state index contributed by atoms with van der Waals surface area (Å²) in [7, 11) is -15.8. The number of hydrogen-bond donors (Lipinski definition) is 6. The smallest absolute Gasteiger partial charge is 0.300 e. The van der Waals surface area contributed by atoms with Crippen LogP contribution in [-0.2, 0) is 17.8 Å². The van der Waals surface area contributed by atoms with Crippen LogP contribution in [0.5, 0.6) is 0 Å². The average Bonchev–Trinajstić information content (AvgIpc) is 1.43. The van der Waals surface area contributed by atoms with Gasteiger partial charge >= 0.3 is 23.8 Å². The van der Waals surface area contributed by atoms with E-state index in [9.17, 15) is 9.13 Å². The van der Waals surface area contributed by atoms with E-state index in [0.717, 1.165) is 0 Å². The van der Waals surface area contributed by atoms with Crippen molar-refractivity contribution in [2.45, 2.75) is 0 Å². The van der Waals surface area contributed by atoms with E-state index in [0.29, 0.717) is 0 Å². The minimum Gasteiger partial charge on any atom is -0.300 e. The lowest BCUT2D eigenvalue weighted by Gasteiger charge is -2.08. The van der Waals surface area contributed by atoms with E-state index < -0.39 is 23.8 Å². The highest BCUT2D eigenvalue weighted by Crippen LogP contribution is 2.69. The van der Waals surface area contributed by atoms with E-state index >= 15 is 0 Å². The molecule has 0 amide bonds. The Hall–Kier alpha value is 0.570. The van der Waals surface area contributed by atoms with Gasteiger partial charge in [0.1, 0.15) is 0 Å². The van der Waals surface area contributed by atoms with Gasteiger partial charge in [-0.3, -0.25) is 0 Å². The van der Waals surface area contributed by atoms with Crippen molar-refractivity contribution >= 4 is 23.8 Å². The fraction of sp³-hybridized carbons (Fsp3) is 0. The van der Waals surface area contributed by atoms with E-state index in [1.54, 1.807) is 0 Å². The summed E-state index contributed by atoms with van der Waals surface area (Å²) < 4.78 is 26.3. The molecule has 13 heavy (non-hydrogen) atoms. The Morgan fingerprint density at radius 3 is 1.23 bits per heavy atom. The summed E-state index contributed by atoms with van der Waals surface area (Å²) in [6.07, 6.45) is 0. The standard InChI is InChI=1S/H5O10P3/c1-11(2,3)9-13(7,8)10-12(4,5)6/h7-8H,(H3-,1,2,3,4,5,6)/p+1. The van der Waals surface area contributed by atoms with Crippen LogP contribution in [0, 0.1) is 0 Å². The van der Waals surface area contributed by atoms with Crippen molar-refractivity contribution in [2.75, 3.05) is 0 Å². The van der Waals surface area contributed by atoms with Crippen molar-refractivity contribution in [3.63, 3.8) is 0 Å². The summed E-state index contributed by atoms with van der Waals surface area (Å²) in [5.74, 6) is 0. The molecular formula is H6O10P3+. The van der Waals surface area contributed by atoms with Crippen LogP contribution in [0.3, 0.4) is 0 Å². The molecule has 0 rings (SSSR count). The summed E-state index contributed by atoms with van der Waals surface area (Å²) in [5, 5.41) is 0. The Labute approximate surface area is 71.9 Å². The topological polar surface area (TPSA) is 174 Å². The van der Waals surface area contributed by atoms with E-state index in [4.69, 9.17) is 29.4 Å². The molecule has 0 radical (unpaired) electrons. The largest absolute Gasteiger partial charge is 0.591 e. The van der Waals surface area contributed by atoms with Gasteiger partial charge < -0.3 is 19.6 Å². The first kappa shape index (κ1) is 13.6. The molecule has 0 aromatic heterocycles. The van der Waals surface area contributed by atoms with Gasteiger partial charge in [0, 0.05) is 0 Å². The summed E-state index contributed by atoms with van der Waals surface area (Å²) in [5.41, 5.74) is 0. The van der Waals surface area contributed by atoms with Gasteiger partial charge in [-0.05, 0) is 8.62 Å². The summed E-state index contributed by atoms with van der Waals surface area (Å²) in [6.45, 7) is 0. The maximum Gasteiger partial charge on any atom is 0.591 e. The third-order valence-corrected chi connectivity index (χ3v) is 3.83. The van der Waals surface area contributed by atoms with Gasteiger partial charge in [0.2, 0.25) is 0 Å². The second kappa shape index (κ2) is 3.98. The van der Waals surface area contributed by atoms with Crippen molar-refractivity contribution in [3.05, 3.63) is 0 Å². The zero-order chi connectivity index (χ0) is 10.9. The molecule has 0 saturated carbocycles. The Bertz CT molecular complexity index is 225. The molecule has 0 atom stereocenters. The van der Waals surface area contributed by atoms with Crippen molar-refractivity contribution in [1.82, 2.24) is 0 Å². The van der Waals surface area contributed by atoms with Crippen molar-refractivity contribution in [2.24, 2.45) is 0 Å². The quantitative estimate of drug-likeness (QED) is 0.338. The lowest BCUT2D eigenvalue weighted by Crippen LogP contribution is -1.98. The highest BCUT2D eigenvalue weighted by molar-refractivity contribution is 7.70. The van der Waals surface area contributed by atoms with Crippen LogP contribution in [0.15, 0.2) is 0 Å². The molecule has 6 N–H and O–H groups in total. The van der Waals surface area contributed by atoms with Crippen LogP contribution < -0.4 is 0 Å². The molecule has 13 heteroatoms. The Kier molecular flexibility index (Phi) is 4.15. The first-order chi connectivity index (χ1) is 5.41. The number of hydrogen-bond acceptors (Lipinski definition) is 6. The molecule has 0 aliphatic carbocycles. The highest BCUT2D eigenvalue weighted by atomic mass is 31.3. The van der Waals surface area contributed by atoms with E-state index in [2.05, 4.69) is 8.62 Å². The molecule has 0 unspecified atom stereocenters. The average molecular weight is 259 g/mol. The maximum absolute atomic E-state index is 9.98. The van der Waals surface area contributed by atoms with Crippen LogP contribution in [0.2, 0.25) is 0 Å². The first-order valence-corrected chi connectivity index (χ1v) is 6.89. The van der Waals surface area contributed by atoms with Gasteiger partial charge in [0.15, 0.2) is 0 Å². The van der Waals surface area contributed by atoms with Gasteiger partial charge in [0.25, 0.3) is 0 Å². The molecule has 10 nitrogen and oxygen atoms in total. The predicted octanol–water partition coefficient (Wildman–Crippen LogP) is -1.13. The molecule has 0 bridgehead atoms. The second-order valence-electron chi connectivity index (χ2n) is 1.64. The zero-order valence-corrected chi connectivity index (χ0v) is 8.34. The Balaban J connectivity index is 4.43. The minimum absolute atomic E-state index is 3.18. The van der Waals surface area contributed by atoms with Gasteiger partial charge in [-0.1, -0.05) is 0 Å². The third kappa shape index (κ3) is 8.89. The van der Waals surface area contributed by atoms with Crippen LogP contribution in [0.4, 0.5) is 0 Å². The van der Waals surface area contributed by atoms with E-state index in [1.807, 2.05) is 0 Å². The van der Waals surface area contributed by atoms with Gasteiger partial charge in [-0.15, -0.1) is 0 Å². The van der Waals surface area contributed by atoms with Crippen molar-refractivity contribution in [3.8, 4) is 0 Å². The number of rotatable bonds is 4. The molecule has 0 aliphatic heterocycles. The van der Waals surface area contributed by atoms with E-state index in [1.165, 1.54) is 0 Å². The predicted molar refractivity (Wildman–Crippen MR) is 37.6 cm³/mol. The maximum atomic E-state index is 9.98. The van der Waals surface area contributed by atoms with Crippen LogP contribution >= 0.6 is 23.8 Å². The summed E-state index contributed by atoms with van der Waals surface area (Å²) in [6, 6.07) is 0. The molecule has 0 spiro atoms. The van der Waals surface area contributed by atoms with Gasteiger partial charge in [0.05, 0.1) is 0 Å². The molecule has 0 heterocycles. The first-order valence-electron chi connectivity index (χ1n) is 2.30. The van der Waals surface area contributed by atoms with Crippen LogP contribution in [0.25, 0.3) is 0 Å². The third-order valence-electron chi connectivity index (χ3n) is 0.425. The molecule has 80 valence electrons. The summed E-state index contributed by atoms with van der Waals surface area (Å²) >= 11 is 0. The SMILES string of the molecule is O=P(O)(O)O[P+](O)(O)OP(=O)(O)O. The van der Waals surface area contributed by atoms with Crippen molar-refractivity contribution in [1.29, 1.82) is 0 Å². The Morgan fingerprint density at radius 1 is 0.846 bits per heavy atom. The normalized spacial score (nSPS) is 14.6. The number of phosphoric acid groups is 2. The highest BCUT2D eigenvalue weighted by Gasteiger charge is 2.53. The second-order valence-corrected chi connectivity index (χ2v) is 5.88. The Morgan fingerprint density at radius 2 is 1.08 bits per heavy atom. The minimum atomic E-state index is -5.29. The molecule has 0 aromatic rings. The molecular weight excluding hydrogens is 253 g/mol. The lowest BCUT2D eigenvalue weighted by atomic mass is 15.7. The van der Waals surface area contributed by atoms with Crippen molar-refractivity contribution < 1.29 is 47.1 Å².